The molecule has 0 bridgehead atoms. The lowest BCUT2D eigenvalue weighted by Crippen LogP contribution is -2.38. The number of piperidine rings is 1. The summed E-state index contributed by atoms with van der Waals surface area (Å²) in [5.41, 5.74) is 0. The Kier molecular flexibility index (Phi) is 3.34. The zero-order chi connectivity index (χ0) is 8.27. The van der Waals surface area contributed by atoms with E-state index in [-0.39, 0.29) is 0 Å². The Balaban J connectivity index is 2.34. The van der Waals surface area contributed by atoms with Crippen LogP contribution >= 0.6 is 0 Å². The lowest BCUT2D eigenvalue weighted by Gasteiger charge is -2.34. The van der Waals surface area contributed by atoms with E-state index in [2.05, 4.69) is 18.9 Å². The van der Waals surface area contributed by atoms with Crippen LogP contribution in [0.25, 0.3) is 0 Å². The molecule has 0 amide bonds. The van der Waals surface area contributed by atoms with E-state index in [1.807, 2.05) is 0 Å². The van der Waals surface area contributed by atoms with Gasteiger partial charge in [0.2, 0.25) is 0 Å². The quantitative estimate of drug-likeness (QED) is 0.597. The molecule has 1 fully saturated rings. The minimum absolute atomic E-state index is 0.749. The Morgan fingerprint density at radius 3 is 2.91 bits per heavy atom. The summed E-state index contributed by atoms with van der Waals surface area (Å²) in [6.45, 7) is 5.71. The summed E-state index contributed by atoms with van der Waals surface area (Å²) in [7, 11) is 3.98. The van der Waals surface area contributed by atoms with Crippen LogP contribution in [-0.4, -0.2) is 38.8 Å². The lowest BCUT2D eigenvalue weighted by atomic mass is 9.88. The van der Waals surface area contributed by atoms with Crippen molar-refractivity contribution in [1.82, 2.24) is 4.90 Å². The highest BCUT2D eigenvalue weighted by atomic mass is 16.5. The number of methoxy groups -OCH3 is 1. The van der Waals surface area contributed by atoms with Crippen LogP contribution in [0.2, 0.25) is 0 Å². The van der Waals surface area contributed by atoms with Crippen molar-refractivity contribution in [1.29, 1.82) is 0 Å². The van der Waals surface area contributed by atoms with Gasteiger partial charge in [-0.05, 0) is 31.8 Å². The van der Waals surface area contributed by atoms with Gasteiger partial charge in [-0.25, -0.2) is 0 Å². The average molecular weight is 157 g/mol. The van der Waals surface area contributed by atoms with E-state index in [1.165, 1.54) is 19.5 Å². The zero-order valence-electron chi connectivity index (χ0n) is 7.84. The molecule has 0 radical (unpaired) electrons. The average Bonchev–Trinajstić information content (AvgIpc) is 1.98. The van der Waals surface area contributed by atoms with Gasteiger partial charge in [0.25, 0.3) is 0 Å². The van der Waals surface area contributed by atoms with Crippen LogP contribution in [-0.2, 0) is 4.74 Å². The van der Waals surface area contributed by atoms with Crippen LogP contribution in [0, 0.1) is 11.8 Å². The van der Waals surface area contributed by atoms with Gasteiger partial charge >= 0.3 is 0 Å². The molecule has 1 aliphatic rings. The van der Waals surface area contributed by atoms with Crippen LogP contribution in [0.1, 0.15) is 13.3 Å². The standard InChI is InChI=1S/C9H19NO/c1-8-4-5-10(2)6-9(8)7-11-3/h8-9H,4-7H2,1-3H3/t8?,9-/m1/s1. The molecule has 2 heteroatoms. The predicted octanol–water partition coefficient (Wildman–Crippen LogP) is 1.22. The van der Waals surface area contributed by atoms with Gasteiger partial charge in [-0.3, -0.25) is 0 Å². The van der Waals surface area contributed by atoms with E-state index in [0.717, 1.165) is 18.4 Å². The summed E-state index contributed by atoms with van der Waals surface area (Å²) in [4.78, 5) is 2.39. The summed E-state index contributed by atoms with van der Waals surface area (Å²) < 4.78 is 5.17. The zero-order valence-corrected chi connectivity index (χ0v) is 7.84. The number of rotatable bonds is 2. The lowest BCUT2D eigenvalue weighted by molar-refractivity contribution is 0.0683. The third-order valence-corrected chi connectivity index (χ3v) is 2.70. The largest absolute Gasteiger partial charge is 0.384 e. The minimum atomic E-state index is 0.749. The highest BCUT2D eigenvalue weighted by Crippen LogP contribution is 2.21. The van der Waals surface area contributed by atoms with Crippen LogP contribution in [0.3, 0.4) is 0 Å². The van der Waals surface area contributed by atoms with Gasteiger partial charge in [0.15, 0.2) is 0 Å². The molecule has 2 atom stereocenters. The monoisotopic (exact) mass is 157 g/mol. The maximum absolute atomic E-state index is 5.17. The number of ether oxygens (including phenoxy) is 1. The van der Waals surface area contributed by atoms with Crippen LogP contribution in [0.15, 0.2) is 0 Å². The van der Waals surface area contributed by atoms with E-state index in [0.29, 0.717) is 0 Å². The third kappa shape index (κ3) is 2.46. The first-order valence-corrected chi connectivity index (χ1v) is 4.41. The topological polar surface area (TPSA) is 12.5 Å². The van der Waals surface area contributed by atoms with E-state index < -0.39 is 0 Å². The molecule has 0 saturated carbocycles. The van der Waals surface area contributed by atoms with Crippen molar-refractivity contribution in [2.75, 3.05) is 33.9 Å². The van der Waals surface area contributed by atoms with E-state index >= 15 is 0 Å². The van der Waals surface area contributed by atoms with E-state index in [1.54, 1.807) is 7.11 Å². The second-order valence-electron chi connectivity index (χ2n) is 3.74. The second-order valence-corrected chi connectivity index (χ2v) is 3.74. The molecule has 1 unspecified atom stereocenters. The van der Waals surface area contributed by atoms with Crippen molar-refractivity contribution in [2.45, 2.75) is 13.3 Å². The van der Waals surface area contributed by atoms with Gasteiger partial charge < -0.3 is 9.64 Å². The van der Waals surface area contributed by atoms with Crippen molar-refractivity contribution in [2.24, 2.45) is 11.8 Å². The summed E-state index contributed by atoms with van der Waals surface area (Å²) in [5, 5.41) is 0. The Hall–Kier alpha value is -0.0800. The number of hydrogen-bond donors (Lipinski definition) is 0. The van der Waals surface area contributed by atoms with Crippen molar-refractivity contribution in [3.63, 3.8) is 0 Å². The molecule has 1 heterocycles. The molecule has 11 heavy (non-hydrogen) atoms. The highest BCUT2D eigenvalue weighted by Gasteiger charge is 2.23. The molecular formula is C9H19NO. The van der Waals surface area contributed by atoms with Gasteiger partial charge in [0.05, 0.1) is 6.61 Å². The molecule has 1 saturated heterocycles. The normalized spacial score (nSPS) is 34.1. The van der Waals surface area contributed by atoms with Crippen molar-refractivity contribution < 1.29 is 4.74 Å². The predicted molar refractivity (Wildman–Crippen MR) is 46.6 cm³/mol. The summed E-state index contributed by atoms with van der Waals surface area (Å²) in [6, 6.07) is 0. The fourth-order valence-corrected chi connectivity index (χ4v) is 1.76. The van der Waals surface area contributed by atoms with Crippen LogP contribution in [0.5, 0.6) is 0 Å². The highest BCUT2D eigenvalue weighted by molar-refractivity contribution is 4.75. The molecule has 0 aromatic heterocycles. The number of hydrogen-bond acceptors (Lipinski definition) is 2. The smallest absolute Gasteiger partial charge is 0.0505 e. The molecule has 0 spiro atoms. The van der Waals surface area contributed by atoms with Crippen molar-refractivity contribution in [3.8, 4) is 0 Å². The molecule has 0 N–H and O–H groups in total. The SMILES string of the molecule is COC[C@H]1CN(C)CCC1C. The second kappa shape index (κ2) is 4.07. The number of nitrogens with zero attached hydrogens (tertiary/aromatic N) is 1. The number of likely N-dealkylation sites (tertiary alicyclic amines) is 1. The van der Waals surface area contributed by atoms with Crippen LogP contribution < -0.4 is 0 Å². The van der Waals surface area contributed by atoms with Crippen molar-refractivity contribution in [3.05, 3.63) is 0 Å². The Bertz CT molecular complexity index is 116. The first kappa shape index (κ1) is 9.01. The Morgan fingerprint density at radius 1 is 1.55 bits per heavy atom. The first-order valence-electron chi connectivity index (χ1n) is 4.41. The van der Waals surface area contributed by atoms with Gasteiger partial charge in [0, 0.05) is 13.7 Å². The van der Waals surface area contributed by atoms with E-state index in [9.17, 15) is 0 Å². The summed E-state index contributed by atoms with van der Waals surface area (Å²) >= 11 is 0. The van der Waals surface area contributed by atoms with Crippen LogP contribution in [0.4, 0.5) is 0 Å². The summed E-state index contributed by atoms with van der Waals surface area (Å²) in [6.07, 6.45) is 1.32. The Labute approximate surface area is 69.5 Å². The molecule has 2 nitrogen and oxygen atoms in total. The van der Waals surface area contributed by atoms with Gasteiger partial charge in [-0.15, -0.1) is 0 Å². The first-order chi connectivity index (χ1) is 5.24. The summed E-state index contributed by atoms with van der Waals surface area (Å²) in [5.74, 6) is 1.59. The fraction of sp³-hybridized carbons (Fsp3) is 1.00. The van der Waals surface area contributed by atoms with Gasteiger partial charge in [0.1, 0.15) is 0 Å². The maximum Gasteiger partial charge on any atom is 0.0505 e. The van der Waals surface area contributed by atoms with E-state index in [4.69, 9.17) is 4.74 Å². The Morgan fingerprint density at radius 2 is 2.27 bits per heavy atom. The van der Waals surface area contributed by atoms with Crippen molar-refractivity contribution >= 4 is 0 Å². The molecule has 1 aliphatic heterocycles. The third-order valence-electron chi connectivity index (χ3n) is 2.70. The molecule has 1 rings (SSSR count). The van der Waals surface area contributed by atoms with Gasteiger partial charge in [-0.2, -0.15) is 0 Å². The van der Waals surface area contributed by atoms with Gasteiger partial charge in [-0.1, -0.05) is 6.92 Å². The molecule has 66 valence electrons. The molecular weight excluding hydrogens is 138 g/mol. The maximum atomic E-state index is 5.17. The molecule has 0 aliphatic carbocycles. The molecule has 0 aromatic rings. The fourth-order valence-electron chi connectivity index (χ4n) is 1.76. The minimum Gasteiger partial charge on any atom is -0.384 e. The molecule has 0 aromatic carbocycles.